The summed E-state index contributed by atoms with van der Waals surface area (Å²) in [6, 6.07) is 0. The average molecular weight is 166 g/mol. The number of ketones is 1. The van der Waals surface area contributed by atoms with E-state index >= 15 is 0 Å². The van der Waals surface area contributed by atoms with Crippen LogP contribution in [0.1, 0.15) is 19.8 Å². The number of hydrogen-bond donors (Lipinski definition) is 0. The van der Waals surface area contributed by atoms with Gasteiger partial charge in [-0.2, -0.15) is 13.2 Å². The molecule has 0 rings (SSSR count). The fourth-order valence-electron chi connectivity index (χ4n) is 0.517. The Kier molecular flexibility index (Phi) is 3.85. The van der Waals surface area contributed by atoms with E-state index in [0.717, 1.165) is 0 Å². The van der Waals surface area contributed by atoms with Gasteiger partial charge in [0.15, 0.2) is 5.78 Å². The van der Waals surface area contributed by atoms with Gasteiger partial charge in [-0.15, -0.1) is 0 Å². The summed E-state index contributed by atoms with van der Waals surface area (Å²) in [7, 11) is 0. The van der Waals surface area contributed by atoms with Crippen LogP contribution >= 0.6 is 0 Å². The van der Waals surface area contributed by atoms with E-state index in [4.69, 9.17) is 0 Å². The van der Waals surface area contributed by atoms with Crippen molar-refractivity contribution in [2.24, 2.45) is 0 Å². The first-order valence-corrected chi connectivity index (χ1v) is 3.24. The van der Waals surface area contributed by atoms with Gasteiger partial charge in [0.05, 0.1) is 0 Å². The molecule has 0 saturated heterocycles. The molecule has 0 spiro atoms. The molecule has 64 valence electrons. The van der Waals surface area contributed by atoms with Crippen molar-refractivity contribution in [2.45, 2.75) is 25.9 Å². The number of hydrogen-bond acceptors (Lipinski definition) is 1. The summed E-state index contributed by atoms with van der Waals surface area (Å²) in [5.74, 6) is -0.482. The third-order valence-corrected chi connectivity index (χ3v) is 0.955. The minimum Gasteiger partial charge on any atom is -0.295 e. The number of halogens is 3. The number of allylic oxidation sites excluding steroid dienone is 2. The lowest BCUT2D eigenvalue weighted by molar-refractivity contribution is -0.115. The van der Waals surface area contributed by atoms with Crippen LogP contribution in [0, 0.1) is 0 Å². The van der Waals surface area contributed by atoms with Crippen LogP contribution in [0.2, 0.25) is 0 Å². The zero-order valence-corrected chi connectivity index (χ0v) is 6.11. The molecular formula is C7H9F3O. The van der Waals surface area contributed by atoms with E-state index in [1.807, 2.05) is 0 Å². The van der Waals surface area contributed by atoms with Crippen LogP contribution in [0.4, 0.5) is 13.2 Å². The van der Waals surface area contributed by atoms with Gasteiger partial charge >= 0.3 is 6.18 Å². The van der Waals surface area contributed by atoms with Gasteiger partial charge in [0.25, 0.3) is 0 Å². The maximum absolute atomic E-state index is 11.4. The predicted octanol–water partition coefficient (Wildman–Crippen LogP) is 2.47. The lowest BCUT2D eigenvalue weighted by atomic mass is 10.2. The van der Waals surface area contributed by atoms with Crippen LogP contribution in [-0.4, -0.2) is 12.0 Å². The summed E-state index contributed by atoms with van der Waals surface area (Å²) < 4.78 is 34.3. The van der Waals surface area contributed by atoms with Gasteiger partial charge in [-0.05, 0) is 12.5 Å². The molecule has 4 heteroatoms. The lowest BCUT2D eigenvalue weighted by Crippen LogP contribution is -2.02. The molecule has 0 aromatic rings. The zero-order valence-electron chi connectivity index (χ0n) is 6.11. The molecule has 11 heavy (non-hydrogen) atoms. The third kappa shape index (κ3) is 7.09. The molecule has 0 N–H and O–H groups in total. The van der Waals surface area contributed by atoms with E-state index in [2.05, 4.69) is 0 Å². The van der Waals surface area contributed by atoms with Crippen LogP contribution in [0.3, 0.4) is 0 Å². The Balaban J connectivity index is 3.83. The minimum atomic E-state index is -4.37. The molecule has 0 saturated carbocycles. The Morgan fingerprint density at radius 3 is 2.36 bits per heavy atom. The highest BCUT2D eigenvalue weighted by Gasteiger charge is 2.22. The quantitative estimate of drug-likeness (QED) is 0.588. The molecule has 0 aliphatic rings. The zero-order chi connectivity index (χ0) is 8.91. The van der Waals surface area contributed by atoms with Gasteiger partial charge in [0, 0.05) is 12.5 Å². The second kappa shape index (κ2) is 4.16. The normalized spacial score (nSPS) is 12.4. The van der Waals surface area contributed by atoms with Gasteiger partial charge in [-0.3, -0.25) is 4.79 Å². The molecule has 0 aromatic carbocycles. The highest BCUT2D eigenvalue weighted by molar-refractivity contribution is 5.89. The molecule has 0 heterocycles. The number of rotatable bonds is 3. The highest BCUT2D eigenvalue weighted by atomic mass is 19.4. The number of carbonyl (C=O) groups excluding carboxylic acids is 1. The third-order valence-electron chi connectivity index (χ3n) is 0.955. The fraction of sp³-hybridized carbons (Fsp3) is 0.571. The summed E-state index contributed by atoms with van der Waals surface area (Å²) in [4.78, 5) is 10.5. The van der Waals surface area contributed by atoms with Crippen LogP contribution in [0.5, 0.6) is 0 Å². The highest BCUT2D eigenvalue weighted by Crippen LogP contribution is 2.15. The van der Waals surface area contributed by atoms with Crippen LogP contribution in [0.25, 0.3) is 0 Å². The standard InChI is InChI=1S/C7H9F3O/c1-2-3-6(11)4-5-7(8,9)10/h4-5H,2-3H2,1H3/b5-4+. The van der Waals surface area contributed by atoms with Crippen LogP contribution < -0.4 is 0 Å². The summed E-state index contributed by atoms with van der Waals surface area (Å²) in [6.07, 6.45) is -3.09. The molecule has 0 aliphatic heterocycles. The molecule has 1 nitrogen and oxygen atoms in total. The summed E-state index contributed by atoms with van der Waals surface area (Å²) in [6.45, 7) is 1.74. The van der Waals surface area contributed by atoms with Crippen molar-refractivity contribution in [3.8, 4) is 0 Å². The Morgan fingerprint density at radius 2 is 2.00 bits per heavy atom. The smallest absolute Gasteiger partial charge is 0.295 e. The maximum Gasteiger partial charge on any atom is 0.409 e. The molecule has 0 radical (unpaired) electrons. The summed E-state index contributed by atoms with van der Waals surface area (Å²) in [5.41, 5.74) is 0. The topological polar surface area (TPSA) is 17.1 Å². The van der Waals surface area contributed by atoms with E-state index in [1.54, 1.807) is 6.92 Å². The van der Waals surface area contributed by atoms with Crippen molar-refractivity contribution in [1.29, 1.82) is 0 Å². The Labute approximate surface area is 62.9 Å². The molecular weight excluding hydrogens is 157 g/mol. The van der Waals surface area contributed by atoms with Gasteiger partial charge in [0.2, 0.25) is 0 Å². The largest absolute Gasteiger partial charge is 0.409 e. The Morgan fingerprint density at radius 1 is 1.45 bits per heavy atom. The molecule has 0 atom stereocenters. The first-order chi connectivity index (χ1) is 4.95. The lowest BCUT2D eigenvalue weighted by Gasteiger charge is -1.95. The van der Waals surface area contributed by atoms with Crippen molar-refractivity contribution >= 4 is 5.78 Å². The summed E-state index contributed by atoms with van der Waals surface area (Å²) >= 11 is 0. The van der Waals surface area contributed by atoms with E-state index in [9.17, 15) is 18.0 Å². The van der Waals surface area contributed by atoms with Gasteiger partial charge in [0.1, 0.15) is 0 Å². The molecule has 0 aromatic heterocycles. The average Bonchev–Trinajstić information content (AvgIpc) is 1.83. The Bertz CT molecular complexity index is 158. The van der Waals surface area contributed by atoms with Crippen molar-refractivity contribution in [1.82, 2.24) is 0 Å². The van der Waals surface area contributed by atoms with Crippen LogP contribution in [0.15, 0.2) is 12.2 Å². The molecule has 0 fully saturated rings. The number of carbonyl (C=O) groups is 1. The minimum absolute atomic E-state index is 0.0367. The van der Waals surface area contributed by atoms with E-state index in [0.29, 0.717) is 12.5 Å². The molecule has 0 amide bonds. The van der Waals surface area contributed by atoms with Gasteiger partial charge in [-0.1, -0.05) is 6.92 Å². The van der Waals surface area contributed by atoms with Crippen molar-refractivity contribution in [3.05, 3.63) is 12.2 Å². The SMILES string of the molecule is CCCC(=O)/C=C/C(F)(F)F. The fourth-order valence-corrected chi connectivity index (χ4v) is 0.517. The molecule has 0 aliphatic carbocycles. The van der Waals surface area contributed by atoms with Crippen molar-refractivity contribution < 1.29 is 18.0 Å². The van der Waals surface area contributed by atoms with Gasteiger partial charge < -0.3 is 0 Å². The first kappa shape index (κ1) is 10.2. The second-order valence-corrected chi connectivity index (χ2v) is 2.09. The summed E-state index contributed by atoms with van der Waals surface area (Å²) in [5, 5.41) is 0. The maximum atomic E-state index is 11.4. The van der Waals surface area contributed by atoms with Crippen LogP contribution in [-0.2, 0) is 4.79 Å². The molecule has 0 bridgehead atoms. The predicted molar refractivity (Wildman–Crippen MR) is 35.1 cm³/mol. The van der Waals surface area contributed by atoms with E-state index in [1.165, 1.54) is 0 Å². The van der Waals surface area contributed by atoms with Crippen molar-refractivity contribution in [2.75, 3.05) is 0 Å². The first-order valence-electron chi connectivity index (χ1n) is 3.24. The van der Waals surface area contributed by atoms with E-state index in [-0.39, 0.29) is 12.5 Å². The van der Waals surface area contributed by atoms with Gasteiger partial charge in [-0.25, -0.2) is 0 Å². The Hall–Kier alpha value is -0.800. The monoisotopic (exact) mass is 166 g/mol. The van der Waals surface area contributed by atoms with Crippen molar-refractivity contribution in [3.63, 3.8) is 0 Å². The second-order valence-electron chi connectivity index (χ2n) is 2.09. The van der Waals surface area contributed by atoms with E-state index < -0.39 is 12.0 Å². The molecule has 0 unspecified atom stereocenters. The number of alkyl halides is 3.